The number of benzene rings is 1. The molecule has 0 unspecified atom stereocenters. The standard InChI is InChI=1S/C24H28FN3O4/c1-2-32-15-21(29)27-11-10-20-17(13-27)14-28(19-8-6-18(25)7-9-19)24(31)22(20)23(30)26-12-16-4-3-5-16/h6-9,14,16H,2-5,10-13,15H2,1H3,(H,26,30). The van der Waals surface area contributed by atoms with Crippen LogP contribution < -0.4 is 10.9 Å². The molecule has 170 valence electrons. The first-order valence-electron chi connectivity index (χ1n) is 11.1. The molecule has 7 nitrogen and oxygen atoms in total. The van der Waals surface area contributed by atoms with E-state index in [1.54, 1.807) is 11.1 Å². The lowest BCUT2D eigenvalue weighted by molar-refractivity contribution is -0.136. The first kappa shape index (κ1) is 22.2. The van der Waals surface area contributed by atoms with Crippen LogP contribution in [0.2, 0.25) is 0 Å². The Hall–Kier alpha value is -3.00. The number of hydrogen-bond acceptors (Lipinski definition) is 4. The van der Waals surface area contributed by atoms with Crippen molar-refractivity contribution in [2.75, 3.05) is 26.3 Å². The van der Waals surface area contributed by atoms with E-state index in [0.29, 0.717) is 43.3 Å². The zero-order chi connectivity index (χ0) is 22.7. The van der Waals surface area contributed by atoms with Gasteiger partial charge in [-0.3, -0.25) is 19.0 Å². The molecule has 4 rings (SSSR count). The average Bonchev–Trinajstić information content (AvgIpc) is 2.76. The number of aromatic nitrogens is 1. The van der Waals surface area contributed by atoms with E-state index in [9.17, 15) is 18.8 Å². The maximum atomic E-state index is 13.4. The molecule has 1 aliphatic heterocycles. The van der Waals surface area contributed by atoms with Gasteiger partial charge in [-0.25, -0.2) is 4.39 Å². The minimum Gasteiger partial charge on any atom is -0.372 e. The Morgan fingerprint density at radius 1 is 1.22 bits per heavy atom. The molecule has 1 N–H and O–H groups in total. The van der Waals surface area contributed by atoms with Crippen LogP contribution in [0.3, 0.4) is 0 Å². The van der Waals surface area contributed by atoms with Gasteiger partial charge in [0.05, 0.1) is 0 Å². The molecule has 0 atom stereocenters. The van der Waals surface area contributed by atoms with Gasteiger partial charge < -0.3 is 15.0 Å². The van der Waals surface area contributed by atoms with Gasteiger partial charge in [0.25, 0.3) is 11.5 Å². The van der Waals surface area contributed by atoms with Crippen molar-refractivity contribution >= 4 is 11.8 Å². The predicted octanol–water partition coefficient (Wildman–Crippen LogP) is 2.43. The highest BCUT2D eigenvalue weighted by molar-refractivity contribution is 5.96. The third-order valence-corrected chi connectivity index (χ3v) is 6.29. The van der Waals surface area contributed by atoms with Gasteiger partial charge in [-0.15, -0.1) is 0 Å². The molecular weight excluding hydrogens is 413 g/mol. The SMILES string of the molecule is CCOCC(=O)N1CCc2c(cn(-c3ccc(F)cc3)c(=O)c2C(=O)NCC2CCC2)C1. The number of fused-ring (bicyclic) bond motifs is 1. The Kier molecular flexibility index (Phi) is 6.69. The summed E-state index contributed by atoms with van der Waals surface area (Å²) >= 11 is 0. The largest absolute Gasteiger partial charge is 0.372 e. The van der Waals surface area contributed by atoms with E-state index in [4.69, 9.17) is 4.74 Å². The lowest BCUT2D eigenvalue weighted by Gasteiger charge is -2.31. The maximum Gasteiger partial charge on any atom is 0.268 e. The molecule has 32 heavy (non-hydrogen) atoms. The number of pyridine rings is 1. The van der Waals surface area contributed by atoms with Crippen LogP contribution in [0.25, 0.3) is 5.69 Å². The van der Waals surface area contributed by atoms with Crippen molar-refractivity contribution < 1.29 is 18.7 Å². The summed E-state index contributed by atoms with van der Waals surface area (Å²) in [6, 6.07) is 5.55. The zero-order valence-electron chi connectivity index (χ0n) is 18.2. The van der Waals surface area contributed by atoms with Crippen molar-refractivity contribution in [3.05, 3.63) is 63.3 Å². The van der Waals surface area contributed by atoms with Crippen molar-refractivity contribution in [1.29, 1.82) is 0 Å². The first-order valence-corrected chi connectivity index (χ1v) is 11.1. The average molecular weight is 442 g/mol. The van der Waals surface area contributed by atoms with E-state index >= 15 is 0 Å². The lowest BCUT2D eigenvalue weighted by Crippen LogP contribution is -2.43. The van der Waals surface area contributed by atoms with Crippen LogP contribution in [0.1, 0.15) is 47.7 Å². The minimum atomic E-state index is -0.435. The van der Waals surface area contributed by atoms with Gasteiger partial charge >= 0.3 is 0 Å². The number of amides is 2. The van der Waals surface area contributed by atoms with Crippen molar-refractivity contribution in [3.8, 4) is 5.69 Å². The monoisotopic (exact) mass is 441 g/mol. The number of carbonyl (C=O) groups excluding carboxylic acids is 2. The van der Waals surface area contributed by atoms with Gasteiger partial charge in [-0.05, 0) is 67.5 Å². The van der Waals surface area contributed by atoms with Crippen LogP contribution in [0.4, 0.5) is 4.39 Å². The molecular formula is C24H28FN3O4. The van der Waals surface area contributed by atoms with E-state index in [-0.39, 0.29) is 30.5 Å². The molecule has 0 saturated heterocycles. The molecule has 1 aliphatic carbocycles. The van der Waals surface area contributed by atoms with E-state index in [0.717, 1.165) is 18.4 Å². The fourth-order valence-corrected chi connectivity index (χ4v) is 4.20. The Labute approximate surface area is 186 Å². The summed E-state index contributed by atoms with van der Waals surface area (Å²) in [4.78, 5) is 40.6. The molecule has 0 bridgehead atoms. The van der Waals surface area contributed by atoms with Gasteiger partial charge in [0.15, 0.2) is 0 Å². The summed E-state index contributed by atoms with van der Waals surface area (Å²) < 4.78 is 20.0. The molecule has 2 amide bonds. The number of nitrogens with zero attached hydrogens (tertiary/aromatic N) is 2. The van der Waals surface area contributed by atoms with Crippen molar-refractivity contribution in [2.45, 2.75) is 39.2 Å². The highest BCUT2D eigenvalue weighted by atomic mass is 19.1. The summed E-state index contributed by atoms with van der Waals surface area (Å²) in [7, 11) is 0. The molecule has 0 radical (unpaired) electrons. The van der Waals surface area contributed by atoms with Gasteiger partial charge in [0.2, 0.25) is 5.91 Å². The summed E-state index contributed by atoms with van der Waals surface area (Å²) in [5, 5.41) is 2.93. The van der Waals surface area contributed by atoms with Gasteiger partial charge in [-0.2, -0.15) is 0 Å². The minimum absolute atomic E-state index is 0.00182. The second-order valence-corrected chi connectivity index (χ2v) is 8.37. The third kappa shape index (κ3) is 4.60. The van der Waals surface area contributed by atoms with E-state index in [1.165, 1.54) is 35.3 Å². The van der Waals surface area contributed by atoms with Gasteiger partial charge in [0, 0.05) is 38.1 Å². The molecule has 1 aromatic carbocycles. The molecule has 1 fully saturated rings. The number of carbonyl (C=O) groups is 2. The molecule has 2 aromatic rings. The fourth-order valence-electron chi connectivity index (χ4n) is 4.20. The number of halogens is 1. The topological polar surface area (TPSA) is 80.6 Å². The number of ether oxygens (including phenoxy) is 1. The second kappa shape index (κ2) is 9.65. The lowest BCUT2D eigenvalue weighted by atomic mass is 9.85. The summed E-state index contributed by atoms with van der Waals surface area (Å²) in [5.41, 5.74) is 1.56. The first-order chi connectivity index (χ1) is 15.5. The van der Waals surface area contributed by atoms with E-state index in [1.807, 2.05) is 6.92 Å². The highest BCUT2D eigenvalue weighted by Crippen LogP contribution is 2.26. The Morgan fingerprint density at radius 2 is 1.97 bits per heavy atom. The number of hydrogen-bond donors (Lipinski definition) is 1. The van der Waals surface area contributed by atoms with Crippen molar-refractivity contribution in [3.63, 3.8) is 0 Å². The summed E-state index contributed by atoms with van der Waals surface area (Å²) in [6.45, 7) is 3.53. The maximum absolute atomic E-state index is 13.4. The Bertz CT molecular complexity index is 1060. The molecule has 8 heteroatoms. The van der Waals surface area contributed by atoms with Crippen LogP contribution in [0.15, 0.2) is 35.3 Å². The zero-order valence-corrected chi connectivity index (χ0v) is 18.2. The van der Waals surface area contributed by atoms with Gasteiger partial charge in [0.1, 0.15) is 18.0 Å². The van der Waals surface area contributed by atoms with Crippen LogP contribution in [-0.2, 0) is 22.5 Å². The van der Waals surface area contributed by atoms with Gasteiger partial charge in [-0.1, -0.05) is 6.42 Å². The van der Waals surface area contributed by atoms with Crippen molar-refractivity contribution in [2.24, 2.45) is 5.92 Å². The Balaban J connectivity index is 1.70. The quantitative estimate of drug-likeness (QED) is 0.716. The van der Waals surface area contributed by atoms with Crippen LogP contribution in [0.5, 0.6) is 0 Å². The molecule has 1 saturated carbocycles. The number of rotatable bonds is 7. The number of nitrogens with one attached hydrogen (secondary N) is 1. The molecule has 2 aliphatic rings. The van der Waals surface area contributed by atoms with Crippen LogP contribution in [0, 0.1) is 11.7 Å². The second-order valence-electron chi connectivity index (χ2n) is 8.37. The third-order valence-electron chi connectivity index (χ3n) is 6.29. The molecule has 2 heterocycles. The fraction of sp³-hybridized carbons (Fsp3) is 0.458. The molecule has 0 spiro atoms. The Morgan fingerprint density at radius 3 is 2.62 bits per heavy atom. The predicted molar refractivity (Wildman–Crippen MR) is 117 cm³/mol. The van der Waals surface area contributed by atoms with E-state index < -0.39 is 11.4 Å². The van der Waals surface area contributed by atoms with E-state index in [2.05, 4.69) is 5.32 Å². The summed E-state index contributed by atoms with van der Waals surface area (Å²) in [6.07, 6.45) is 5.42. The summed E-state index contributed by atoms with van der Waals surface area (Å²) in [5.74, 6) is -0.466. The smallest absolute Gasteiger partial charge is 0.268 e. The normalized spacial score (nSPS) is 15.8. The van der Waals surface area contributed by atoms with Crippen LogP contribution >= 0.6 is 0 Å². The highest BCUT2D eigenvalue weighted by Gasteiger charge is 2.29. The van der Waals surface area contributed by atoms with Crippen LogP contribution in [-0.4, -0.2) is 47.6 Å². The van der Waals surface area contributed by atoms with Crippen molar-refractivity contribution in [1.82, 2.24) is 14.8 Å². The molecule has 1 aromatic heterocycles.